The van der Waals surface area contributed by atoms with Gasteiger partial charge < -0.3 is 10.1 Å². The monoisotopic (exact) mass is 247 g/mol. The van der Waals surface area contributed by atoms with E-state index in [0.29, 0.717) is 6.54 Å². The van der Waals surface area contributed by atoms with Crippen LogP contribution in [0.15, 0.2) is 35.4 Å². The summed E-state index contributed by atoms with van der Waals surface area (Å²) in [5.41, 5.74) is 3.29. The standard InChI is InChI=1S/C11H12ClF2NO/c1-8(6-12)7-15-9-2-4-10(5-3-9)16-11(13)14/h2-6,11,15H,7H2,1H3/b8-6-. The SMILES string of the molecule is C/C(=C/Cl)CNc1ccc(OC(F)F)cc1. The molecule has 0 fully saturated rings. The van der Waals surface area contributed by atoms with Crippen LogP contribution >= 0.6 is 11.6 Å². The molecule has 2 nitrogen and oxygen atoms in total. The summed E-state index contributed by atoms with van der Waals surface area (Å²) in [6.07, 6.45) is 0. The molecule has 0 radical (unpaired) electrons. The van der Waals surface area contributed by atoms with Gasteiger partial charge in [0.2, 0.25) is 0 Å². The molecule has 1 aromatic rings. The van der Waals surface area contributed by atoms with Gasteiger partial charge in [-0.25, -0.2) is 0 Å². The summed E-state index contributed by atoms with van der Waals surface area (Å²) < 4.78 is 27.9. The predicted molar refractivity (Wildman–Crippen MR) is 61.2 cm³/mol. The maximum Gasteiger partial charge on any atom is 0.387 e. The Hall–Kier alpha value is -1.29. The van der Waals surface area contributed by atoms with Crippen LogP contribution in [0.2, 0.25) is 0 Å². The van der Waals surface area contributed by atoms with Gasteiger partial charge in [0.05, 0.1) is 0 Å². The van der Waals surface area contributed by atoms with E-state index < -0.39 is 6.61 Å². The highest BCUT2D eigenvalue weighted by Gasteiger charge is 2.03. The van der Waals surface area contributed by atoms with E-state index in [4.69, 9.17) is 11.6 Å². The zero-order chi connectivity index (χ0) is 12.0. The first kappa shape index (κ1) is 12.8. The molecule has 5 heteroatoms. The van der Waals surface area contributed by atoms with Crippen molar-refractivity contribution >= 4 is 17.3 Å². The fourth-order valence-electron chi connectivity index (χ4n) is 1.03. The molecule has 0 aliphatic heterocycles. The summed E-state index contributed by atoms with van der Waals surface area (Å²) in [5, 5.41) is 3.08. The van der Waals surface area contributed by atoms with Crippen LogP contribution in [-0.2, 0) is 0 Å². The fraction of sp³-hybridized carbons (Fsp3) is 0.273. The van der Waals surface area contributed by atoms with Crippen molar-refractivity contribution in [2.75, 3.05) is 11.9 Å². The van der Waals surface area contributed by atoms with Crippen molar-refractivity contribution in [1.82, 2.24) is 0 Å². The lowest BCUT2D eigenvalue weighted by atomic mass is 10.3. The van der Waals surface area contributed by atoms with Gasteiger partial charge in [0, 0.05) is 17.8 Å². The quantitative estimate of drug-likeness (QED) is 0.854. The minimum Gasteiger partial charge on any atom is -0.435 e. The largest absolute Gasteiger partial charge is 0.435 e. The Morgan fingerprint density at radius 3 is 2.56 bits per heavy atom. The van der Waals surface area contributed by atoms with Gasteiger partial charge in [-0.1, -0.05) is 11.6 Å². The van der Waals surface area contributed by atoms with E-state index in [0.717, 1.165) is 11.3 Å². The molecule has 0 unspecified atom stereocenters. The molecule has 0 aromatic heterocycles. The Labute approximate surface area is 97.9 Å². The van der Waals surface area contributed by atoms with Gasteiger partial charge in [0.25, 0.3) is 0 Å². The highest BCUT2D eigenvalue weighted by Crippen LogP contribution is 2.17. The van der Waals surface area contributed by atoms with E-state index in [1.54, 1.807) is 12.1 Å². The van der Waals surface area contributed by atoms with Gasteiger partial charge in [-0.05, 0) is 36.8 Å². The van der Waals surface area contributed by atoms with Crippen molar-refractivity contribution in [2.45, 2.75) is 13.5 Å². The lowest BCUT2D eigenvalue weighted by Crippen LogP contribution is -2.03. The van der Waals surface area contributed by atoms with Crippen molar-refractivity contribution in [2.24, 2.45) is 0 Å². The van der Waals surface area contributed by atoms with Crippen molar-refractivity contribution in [3.8, 4) is 5.75 Å². The third-order valence-electron chi connectivity index (χ3n) is 1.84. The van der Waals surface area contributed by atoms with E-state index in [1.807, 2.05) is 6.92 Å². The number of alkyl halides is 2. The van der Waals surface area contributed by atoms with Crippen molar-refractivity contribution in [3.05, 3.63) is 35.4 Å². The molecule has 0 spiro atoms. The smallest absolute Gasteiger partial charge is 0.387 e. The summed E-state index contributed by atoms with van der Waals surface area (Å²) in [7, 11) is 0. The Bertz CT molecular complexity index is 352. The van der Waals surface area contributed by atoms with Crippen LogP contribution in [0.25, 0.3) is 0 Å². The normalized spacial score (nSPS) is 11.7. The van der Waals surface area contributed by atoms with Crippen molar-refractivity contribution in [3.63, 3.8) is 0 Å². The highest BCUT2D eigenvalue weighted by atomic mass is 35.5. The molecule has 1 rings (SSSR count). The summed E-state index contributed by atoms with van der Waals surface area (Å²) >= 11 is 5.50. The van der Waals surface area contributed by atoms with E-state index in [9.17, 15) is 8.78 Å². The Morgan fingerprint density at radius 2 is 2.06 bits per heavy atom. The number of nitrogens with one attached hydrogen (secondary N) is 1. The fourth-order valence-corrected chi connectivity index (χ4v) is 1.11. The lowest BCUT2D eigenvalue weighted by Gasteiger charge is -2.08. The van der Waals surface area contributed by atoms with E-state index in [1.165, 1.54) is 17.7 Å². The molecule has 0 bridgehead atoms. The molecule has 0 heterocycles. The molecular formula is C11H12ClF2NO. The molecule has 0 atom stereocenters. The number of hydrogen-bond donors (Lipinski definition) is 1. The minimum atomic E-state index is -2.79. The first-order valence-electron chi connectivity index (χ1n) is 4.66. The summed E-state index contributed by atoms with van der Waals surface area (Å²) in [4.78, 5) is 0. The van der Waals surface area contributed by atoms with Crippen LogP contribution < -0.4 is 10.1 Å². The Balaban J connectivity index is 2.51. The molecule has 1 aromatic carbocycles. The molecule has 16 heavy (non-hydrogen) atoms. The van der Waals surface area contributed by atoms with Crippen LogP contribution in [0.3, 0.4) is 0 Å². The van der Waals surface area contributed by atoms with Crippen LogP contribution in [-0.4, -0.2) is 13.2 Å². The first-order chi connectivity index (χ1) is 7.61. The number of benzene rings is 1. The minimum absolute atomic E-state index is 0.144. The van der Waals surface area contributed by atoms with Crippen LogP contribution in [0, 0.1) is 0 Å². The third-order valence-corrected chi connectivity index (χ3v) is 2.21. The molecule has 1 N–H and O–H groups in total. The lowest BCUT2D eigenvalue weighted by molar-refractivity contribution is -0.0498. The molecule has 0 aliphatic rings. The first-order valence-corrected chi connectivity index (χ1v) is 5.10. The molecule has 0 saturated heterocycles. The van der Waals surface area contributed by atoms with Crippen molar-refractivity contribution < 1.29 is 13.5 Å². The van der Waals surface area contributed by atoms with Gasteiger partial charge in [-0.15, -0.1) is 0 Å². The summed E-state index contributed by atoms with van der Waals surface area (Å²) in [5.74, 6) is 0.144. The molecule has 0 aliphatic carbocycles. The number of ether oxygens (including phenoxy) is 1. The topological polar surface area (TPSA) is 21.3 Å². The van der Waals surface area contributed by atoms with Gasteiger partial charge in [-0.2, -0.15) is 8.78 Å². The molecule has 0 amide bonds. The highest BCUT2D eigenvalue weighted by molar-refractivity contribution is 6.25. The van der Waals surface area contributed by atoms with E-state index in [-0.39, 0.29) is 5.75 Å². The maximum atomic E-state index is 11.9. The zero-order valence-corrected chi connectivity index (χ0v) is 9.47. The Kier molecular flexibility index (Phi) is 5.05. The maximum absolute atomic E-state index is 11.9. The third kappa shape index (κ3) is 4.49. The average Bonchev–Trinajstić information content (AvgIpc) is 2.27. The van der Waals surface area contributed by atoms with Gasteiger partial charge in [0.1, 0.15) is 5.75 Å². The number of rotatable bonds is 5. The van der Waals surface area contributed by atoms with Gasteiger partial charge >= 0.3 is 6.61 Å². The number of hydrogen-bond acceptors (Lipinski definition) is 2. The predicted octanol–water partition coefficient (Wildman–Crippen LogP) is 3.84. The number of anilines is 1. The van der Waals surface area contributed by atoms with Gasteiger partial charge in [-0.3, -0.25) is 0 Å². The zero-order valence-electron chi connectivity index (χ0n) is 8.71. The van der Waals surface area contributed by atoms with Gasteiger partial charge in [0.15, 0.2) is 0 Å². The van der Waals surface area contributed by atoms with Crippen LogP contribution in [0.1, 0.15) is 6.92 Å². The second-order valence-corrected chi connectivity index (χ2v) is 3.43. The second-order valence-electron chi connectivity index (χ2n) is 3.21. The second kappa shape index (κ2) is 6.33. The van der Waals surface area contributed by atoms with E-state index >= 15 is 0 Å². The van der Waals surface area contributed by atoms with Crippen molar-refractivity contribution in [1.29, 1.82) is 0 Å². The molecule has 0 saturated carbocycles. The summed E-state index contributed by atoms with van der Waals surface area (Å²) in [6.45, 7) is -0.299. The summed E-state index contributed by atoms with van der Waals surface area (Å²) in [6, 6.07) is 6.29. The molecular weight excluding hydrogens is 236 g/mol. The van der Waals surface area contributed by atoms with Crippen LogP contribution in [0.4, 0.5) is 14.5 Å². The molecule has 88 valence electrons. The average molecular weight is 248 g/mol. The Morgan fingerprint density at radius 1 is 1.44 bits per heavy atom. The number of halogens is 3. The van der Waals surface area contributed by atoms with Crippen LogP contribution in [0.5, 0.6) is 5.75 Å². The van der Waals surface area contributed by atoms with E-state index in [2.05, 4.69) is 10.1 Å².